The van der Waals surface area contributed by atoms with E-state index >= 15 is 0 Å². The molecule has 0 bridgehead atoms. The fraction of sp³-hybridized carbons (Fsp3) is 0.333. The minimum absolute atomic E-state index is 0.0527. The van der Waals surface area contributed by atoms with Gasteiger partial charge in [-0.25, -0.2) is 0 Å². The fourth-order valence-electron chi connectivity index (χ4n) is 3.69. The zero-order valence-corrected chi connectivity index (χ0v) is 14.2. The molecule has 2 amide bonds. The average Bonchev–Trinajstić information content (AvgIpc) is 3.50. The second kappa shape index (κ2) is 6.36. The van der Waals surface area contributed by atoms with Crippen molar-refractivity contribution in [1.29, 1.82) is 0 Å². The van der Waals surface area contributed by atoms with E-state index in [-0.39, 0.29) is 17.2 Å². The van der Waals surface area contributed by atoms with Crippen molar-refractivity contribution in [2.24, 2.45) is 0 Å². The van der Waals surface area contributed by atoms with Crippen LogP contribution in [0.25, 0.3) is 0 Å². The van der Waals surface area contributed by atoms with Gasteiger partial charge in [-0.1, -0.05) is 48.5 Å². The Balaban J connectivity index is 1.41. The van der Waals surface area contributed by atoms with Gasteiger partial charge in [0, 0.05) is 31.7 Å². The normalized spacial score (nSPS) is 18.7. The Morgan fingerprint density at radius 1 is 0.720 bits per heavy atom. The second-order valence-electron chi connectivity index (χ2n) is 6.90. The maximum atomic E-state index is 13.1. The van der Waals surface area contributed by atoms with Gasteiger partial charge in [0.1, 0.15) is 0 Å². The Labute approximate surface area is 148 Å². The van der Waals surface area contributed by atoms with Crippen molar-refractivity contribution in [1.82, 2.24) is 9.80 Å². The SMILES string of the molecule is O=C(c1ccccc1)N1CCN(C(=O)C2(c3ccccc3)CC2)CC1. The lowest BCUT2D eigenvalue weighted by Crippen LogP contribution is -2.53. The Kier molecular flexibility index (Phi) is 4.04. The van der Waals surface area contributed by atoms with Crippen LogP contribution in [0.15, 0.2) is 60.7 Å². The maximum Gasteiger partial charge on any atom is 0.253 e. The molecule has 0 atom stereocenters. The predicted octanol–water partition coefficient (Wildman–Crippen LogP) is 2.70. The van der Waals surface area contributed by atoms with Crippen LogP contribution in [-0.4, -0.2) is 47.8 Å². The van der Waals surface area contributed by atoms with Crippen molar-refractivity contribution >= 4 is 11.8 Å². The van der Waals surface area contributed by atoms with Crippen molar-refractivity contribution in [2.75, 3.05) is 26.2 Å². The van der Waals surface area contributed by atoms with Crippen LogP contribution >= 0.6 is 0 Å². The number of piperazine rings is 1. The summed E-state index contributed by atoms with van der Waals surface area (Å²) in [6.07, 6.45) is 1.86. The van der Waals surface area contributed by atoms with Crippen LogP contribution in [0.3, 0.4) is 0 Å². The molecule has 128 valence electrons. The van der Waals surface area contributed by atoms with Gasteiger partial charge in [0.25, 0.3) is 5.91 Å². The molecule has 4 rings (SSSR count). The Morgan fingerprint density at radius 3 is 1.80 bits per heavy atom. The minimum Gasteiger partial charge on any atom is -0.338 e. The van der Waals surface area contributed by atoms with E-state index in [0.717, 1.165) is 18.4 Å². The van der Waals surface area contributed by atoms with Crippen LogP contribution in [-0.2, 0) is 10.2 Å². The lowest BCUT2D eigenvalue weighted by Gasteiger charge is -2.36. The number of hydrogen-bond donors (Lipinski definition) is 0. The first kappa shape index (κ1) is 15.9. The molecule has 4 nitrogen and oxygen atoms in total. The molecule has 0 aromatic heterocycles. The molecular weight excluding hydrogens is 312 g/mol. The lowest BCUT2D eigenvalue weighted by molar-refractivity contribution is -0.135. The standard InChI is InChI=1S/C21H22N2O2/c24-19(17-7-3-1-4-8-17)22-13-15-23(16-14-22)20(25)21(11-12-21)18-9-5-2-6-10-18/h1-10H,11-16H2. The van der Waals surface area contributed by atoms with E-state index in [1.165, 1.54) is 0 Å². The third-order valence-electron chi connectivity index (χ3n) is 5.36. The van der Waals surface area contributed by atoms with E-state index in [0.29, 0.717) is 31.7 Å². The van der Waals surface area contributed by atoms with Crippen molar-refractivity contribution in [2.45, 2.75) is 18.3 Å². The molecule has 1 saturated heterocycles. The molecule has 2 aliphatic rings. The highest BCUT2D eigenvalue weighted by atomic mass is 16.2. The number of amides is 2. The van der Waals surface area contributed by atoms with Gasteiger partial charge in [-0.2, -0.15) is 0 Å². The summed E-state index contributed by atoms with van der Waals surface area (Å²) in [6.45, 7) is 2.44. The summed E-state index contributed by atoms with van der Waals surface area (Å²) in [7, 11) is 0. The van der Waals surface area contributed by atoms with E-state index < -0.39 is 0 Å². The first-order chi connectivity index (χ1) is 12.2. The molecule has 0 unspecified atom stereocenters. The maximum absolute atomic E-state index is 13.1. The van der Waals surface area contributed by atoms with Crippen molar-refractivity contribution in [3.05, 3.63) is 71.8 Å². The van der Waals surface area contributed by atoms with Crippen LogP contribution in [0.4, 0.5) is 0 Å². The van der Waals surface area contributed by atoms with E-state index in [1.54, 1.807) is 0 Å². The highest BCUT2D eigenvalue weighted by Gasteiger charge is 2.53. The zero-order chi connectivity index (χ0) is 17.3. The molecule has 1 heterocycles. The van der Waals surface area contributed by atoms with Crippen LogP contribution < -0.4 is 0 Å². The number of rotatable bonds is 3. The molecule has 0 N–H and O–H groups in total. The molecule has 1 saturated carbocycles. The van der Waals surface area contributed by atoms with E-state index in [2.05, 4.69) is 12.1 Å². The molecule has 2 fully saturated rings. The second-order valence-corrected chi connectivity index (χ2v) is 6.90. The molecule has 1 aliphatic carbocycles. The quantitative estimate of drug-likeness (QED) is 0.866. The van der Waals surface area contributed by atoms with Gasteiger partial charge in [-0.05, 0) is 30.5 Å². The number of benzene rings is 2. The Morgan fingerprint density at radius 2 is 1.24 bits per heavy atom. The molecule has 0 radical (unpaired) electrons. The van der Waals surface area contributed by atoms with Gasteiger partial charge in [-0.15, -0.1) is 0 Å². The van der Waals surface area contributed by atoms with Gasteiger partial charge in [0.2, 0.25) is 5.91 Å². The molecular formula is C21H22N2O2. The van der Waals surface area contributed by atoms with E-state index in [4.69, 9.17) is 0 Å². The number of hydrogen-bond acceptors (Lipinski definition) is 2. The number of carbonyl (C=O) groups excluding carboxylic acids is 2. The Bertz CT molecular complexity index is 761. The van der Waals surface area contributed by atoms with Crippen LogP contribution in [0.1, 0.15) is 28.8 Å². The van der Waals surface area contributed by atoms with Crippen LogP contribution in [0, 0.1) is 0 Å². The predicted molar refractivity (Wildman–Crippen MR) is 96.3 cm³/mol. The van der Waals surface area contributed by atoms with E-state index in [9.17, 15) is 9.59 Å². The fourth-order valence-corrected chi connectivity index (χ4v) is 3.69. The summed E-state index contributed by atoms with van der Waals surface area (Å²) in [5.41, 5.74) is 1.53. The van der Waals surface area contributed by atoms with E-state index in [1.807, 2.05) is 58.3 Å². The zero-order valence-electron chi connectivity index (χ0n) is 14.2. The first-order valence-corrected chi connectivity index (χ1v) is 8.90. The summed E-state index contributed by atoms with van der Waals surface area (Å²) in [6, 6.07) is 19.4. The summed E-state index contributed by atoms with van der Waals surface area (Å²) < 4.78 is 0. The average molecular weight is 334 g/mol. The topological polar surface area (TPSA) is 40.6 Å². The largest absolute Gasteiger partial charge is 0.338 e. The van der Waals surface area contributed by atoms with Gasteiger partial charge in [0.05, 0.1) is 5.41 Å². The lowest BCUT2D eigenvalue weighted by atomic mass is 9.94. The van der Waals surface area contributed by atoms with Gasteiger partial charge >= 0.3 is 0 Å². The summed E-state index contributed by atoms with van der Waals surface area (Å²) in [5, 5.41) is 0. The molecule has 2 aromatic rings. The van der Waals surface area contributed by atoms with Gasteiger partial charge in [-0.3, -0.25) is 9.59 Å². The highest BCUT2D eigenvalue weighted by Crippen LogP contribution is 2.49. The Hall–Kier alpha value is -2.62. The highest BCUT2D eigenvalue weighted by molar-refractivity contribution is 5.95. The molecule has 4 heteroatoms. The summed E-state index contributed by atoms with van der Waals surface area (Å²) in [5.74, 6) is 0.280. The number of carbonyl (C=O) groups is 2. The molecule has 0 spiro atoms. The molecule has 1 aliphatic heterocycles. The van der Waals surface area contributed by atoms with Crippen molar-refractivity contribution in [3.8, 4) is 0 Å². The van der Waals surface area contributed by atoms with Gasteiger partial charge in [0.15, 0.2) is 0 Å². The van der Waals surface area contributed by atoms with Crippen molar-refractivity contribution in [3.63, 3.8) is 0 Å². The smallest absolute Gasteiger partial charge is 0.253 e. The number of nitrogens with zero attached hydrogens (tertiary/aromatic N) is 2. The third-order valence-corrected chi connectivity index (χ3v) is 5.36. The monoisotopic (exact) mass is 334 g/mol. The van der Waals surface area contributed by atoms with Crippen LogP contribution in [0.5, 0.6) is 0 Å². The first-order valence-electron chi connectivity index (χ1n) is 8.90. The van der Waals surface area contributed by atoms with Crippen molar-refractivity contribution < 1.29 is 9.59 Å². The summed E-state index contributed by atoms with van der Waals surface area (Å²) >= 11 is 0. The summed E-state index contributed by atoms with van der Waals surface area (Å²) in [4.78, 5) is 29.4. The third kappa shape index (κ3) is 2.93. The van der Waals surface area contributed by atoms with Gasteiger partial charge < -0.3 is 9.80 Å². The molecule has 2 aromatic carbocycles. The van der Waals surface area contributed by atoms with Crippen LogP contribution in [0.2, 0.25) is 0 Å². The molecule has 25 heavy (non-hydrogen) atoms. The minimum atomic E-state index is -0.313.